The van der Waals surface area contributed by atoms with Crippen LogP contribution in [0.3, 0.4) is 0 Å². The van der Waals surface area contributed by atoms with Crippen LogP contribution in [0.25, 0.3) is 0 Å². The van der Waals surface area contributed by atoms with E-state index in [0.29, 0.717) is 5.69 Å². The fourth-order valence-corrected chi connectivity index (χ4v) is 2.91. The van der Waals surface area contributed by atoms with Crippen LogP contribution in [0.1, 0.15) is 29.8 Å². The number of hydrogen-bond donors (Lipinski definition) is 3. The monoisotopic (exact) mass is 428 g/mol. The minimum atomic E-state index is -0.750. The summed E-state index contributed by atoms with van der Waals surface area (Å²) in [7, 11) is 3.62. The first kappa shape index (κ1) is 24.0. The van der Waals surface area contributed by atoms with Crippen molar-refractivity contribution in [1.29, 1.82) is 0 Å². The van der Waals surface area contributed by atoms with E-state index in [4.69, 9.17) is 0 Å². The van der Waals surface area contributed by atoms with Crippen LogP contribution in [0.15, 0.2) is 48.5 Å². The van der Waals surface area contributed by atoms with Crippen molar-refractivity contribution in [2.75, 3.05) is 26.0 Å². The Bertz CT molecular complexity index is 913. The first-order chi connectivity index (χ1) is 14.7. The average Bonchev–Trinajstić information content (AvgIpc) is 2.70. The average molecular weight is 429 g/mol. The van der Waals surface area contributed by atoms with E-state index in [2.05, 4.69) is 16.0 Å². The molecule has 8 heteroatoms. The molecule has 0 saturated heterocycles. The summed E-state index contributed by atoms with van der Waals surface area (Å²) in [4.78, 5) is 38.8. The highest BCUT2D eigenvalue weighted by molar-refractivity contribution is 5.97. The molecule has 2 aromatic rings. The number of anilines is 1. The van der Waals surface area contributed by atoms with Gasteiger partial charge in [-0.05, 0) is 62.0 Å². The van der Waals surface area contributed by atoms with Crippen molar-refractivity contribution in [3.05, 3.63) is 65.5 Å². The molecule has 7 nitrogen and oxygen atoms in total. The van der Waals surface area contributed by atoms with Gasteiger partial charge in [-0.3, -0.25) is 14.4 Å². The summed E-state index contributed by atoms with van der Waals surface area (Å²) in [5.74, 6) is -1.49. The number of likely N-dealkylation sites (N-methyl/N-ethyl adjacent to an activating group) is 1. The maximum atomic E-state index is 13.1. The van der Waals surface area contributed by atoms with Gasteiger partial charge in [0.1, 0.15) is 11.9 Å². The normalized spacial score (nSPS) is 11.8. The lowest BCUT2D eigenvalue weighted by molar-refractivity contribution is -0.124. The molecule has 31 heavy (non-hydrogen) atoms. The van der Waals surface area contributed by atoms with Gasteiger partial charge in [0.15, 0.2) is 0 Å². The van der Waals surface area contributed by atoms with E-state index in [1.807, 2.05) is 34.0 Å². The van der Waals surface area contributed by atoms with Crippen LogP contribution in [0.2, 0.25) is 0 Å². The van der Waals surface area contributed by atoms with E-state index in [0.717, 1.165) is 5.56 Å². The molecule has 0 aliphatic rings. The van der Waals surface area contributed by atoms with Gasteiger partial charge in [-0.25, -0.2) is 4.39 Å². The summed E-state index contributed by atoms with van der Waals surface area (Å²) in [6.07, 6.45) is 0. The molecule has 2 aromatic carbocycles. The van der Waals surface area contributed by atoms with Crippen molar-refractivity contribution in [3.8, 4) is 0 Å². The van der Waals surface area contributed by atoms with Crippen molar-refractivity contribution in [2.24, 2.45) is 5.92 Å². The molecular formula is C23H29FN4O3. The number of hydrogen-bond acceptors (Lipinski definition) is 4. The molecule has 0 radical (unpaired) electrons. The van der Waals surface area contributed by atoms with Gasteiger partial charge in [0.05, 0.1) is 6.54 Å². The number of rotatable bonds is 9. The van der Waals surface area contributed by atoms with Crippen molar-refractivity contribution < 1.29 is 18.8 Å². The molecule has 0 bridgehead atoms. The van der Waals surface area contributed by atoms with Gasteiger partial charge in [-0.15, -0.1) is 0 Å². The molecular weight excluding hydrogens is 399 g/mol. The molecule has 0 saturated carbocycles. The second-order valence-electron chi connectivity index (χ2n) is 7.91. The van der Waals surface area contributed by atoms with Gasteiger partial charge in [0.2, 0.25) is 11.8 Å². The largest absolute Gasteiger partial charge is 0.350 e. The van der Waals surface area contributed by atoms with Crippen molar-refractivity contribution in [3.63, 3.8) is 0 Å². The summed E-state index contributed by atoms with van der Waals surface area (Å²) in [5, 5.41) is 8.35. The van der Waals surface area contributed by atoms with Crippen LogP contribution in [0.5, 0.6) is 0 Å². The number of nitrogens with one attached hydrogen (secondary N) is 3. The third kappa shape index (κ3) is 7.82. The first-order valence-electron chi connectivity index (χ1n) is 10.0. The van der Waals surface area contributed by atoms with Gasteiger partial charge >= 0.3 is 0 Å². The maximum absolute atomic E-state index is 13.1. The van der Waals surface area contributed by atoms with Crippen LogP contribution < -0.4 is 16.0 Å². The molecule has 0 spiro atoms. The standard InChI is InChI=1S/C23H29FN4O3/c1-15(2)21(27-22(30)17-8-10-18(24)11-9-17)23(31)25-13-16-6-5-7-19(12-16)26-20(29)14-28(3)4/h5-12,15,21H,13-14H2,1-4H3,(H,25,31)(H,26,29)(H,27,30). The van der Waals surface area contributed by atoms with Crippen LogP contribution >= 0.6 is 0 Å². The Morgan fingerprint density at radius 1 is 1.03 bits per heavy atom. The van der Waals surface area contributed by atoms with E-state index in [1.54, 1.807) is 23.1 Å². The van der Waals surface area contributed by atoms with Crippen LogP contribution in [-0.4, -0.2) is 49.3 Å². The first-order valence-corrected chi connectivity index (χ1v) is 10.0. The molecule has 2 rings (SSSR count). The predicted molar refractivity (Wildman–Crippen MR) is 118 cm³/mol. The summed E-state index contributed by atoms with van der Waals surface area (Å²) >= 11 is 0. The molecule has 166 valence electrons. The predicted octanol–water partition coefficient (Wildman–Crippen LogP) is 2.40. The molecule has 1 atom stereocenters. The molecule has 3 amide bonds. The second kappa shape index (κ2) is 11.2. The van der Waals surface area contributed by atoms with Gasteiger partial charge in [-0.2, -0.15) is 0 Å². The molecule has 1 unspecified atom stereocenters. The molecule has 0 aromatic heterocycles. The highest BCUT2D eigenvalue weighted by Gasteiger charge is 2.24. The number of nitrogens with zero attached hydrogens (tertiary/aromatic N) is 1. The van der Waals surface area contributed by atoms with Crippen LogP contribution in [0, 0.1) is 11.7 Å². The topological polar surface area (TPSA) is 90.5 Å². The Kier molecular flexibility index (Phi) is 8.69. The smallest absolute Gasteiger partial charge is 0.251 e. The second-order valence-corrected chi connectivity index (χ2v) is 7.91. The van der Waals surface area contributed by atoms with Gasteiger partial charge < -0.3 is 20.9 Å². The minimum absolute atomic E-state index is 0.130. The van der Waals surface area contributed by atoms with Crippen molar-refractivity contribution in [1.82, 2.24) is 15.5 Å². The van der Waals surface area contributed by atoms with Crippen molar-refractivity contribution >= 4 is 23.4 Å². The minimum Gasteiger partial charge on any atom is -0.350 e. The lowest BCUT2D eigenvalue weighted by Crippen LogP contribution is -2.49. The lowest BCUT2D eigenvalue weighted by atomic mass is 10.0. The Morgan fingerprint density at radius 3 is 2.32 bits per heavy atom. The van der Waals surface area contributed by atoms with E-state index < -0.39 is 17.8 Å². The summed E-state index contributed by atoms with van der Waals surface area (Å²) in [6.45, 7) is 4.17. The van der Waals surface area contributed by atoms with Gasteiger partial charge in [0.25, 0.3) is 5.91 Å². The number of amides is 3. The Balaban J connectivity index is 1.97. The number of halogens is 1. The van der Waals surface area contributed by atoms with Gasteiger partial charge in [0, 0.05) is 17.8 Å². The number of benzene rings is 2. The third-order valence-electron chi connectivity index (χ3n) is 4.48. The Morgan fingerprint density at radius 2 is 1.71 bits per heavy atom. The SMILES string of the molecule is CC(C)C(NC(=O)c1ccc(F)cc1)C(=O)NCc1cccc(NC(=O)CN(C)C)c1. The maximum Gasteiger partial charge on any atom is 0.251 e. The highest BCUT2D eigenvalue weighted by atomic mass is 19.1. The van der Waals surface area contributed by atoms with Crippen molar-refractivity contribution in [2.45, 2.75) is 26.4 Å². The zero-order valence-electron chi connectivity index (χ0n) is 18.2. The molecule has 0 fully saturated rings. The fourth-order valence-electron chi connectivity index (χ4n) is 2.91. The van der Waals surface area contributed by atoms with Crippen LogP contribution in [0.4, 0.5) is 10.1 Å². The van der Waals surface area contributed by atoms with E-state index in [9.17, 15) is 18.8 Å². The summed E-state index contributed by atoms with van der Waals surface area (Å²) in [6, 6.07) is 11.6. The summed E-state index contributed by atoms with van der Waals surface area (Å²) < 4.78 is 13.1. The molecule has 3 N–H and O–H groups in total. The third-order valence-corrected chi connectivity index (χ3v) is 4.48. The number of carbonyl (C=O) groups excluding carboxylic acids is 3. The zero-order chi connectivity index (χ0) is 23.0. The van der Waals surface area contributed by atoms with Gasteiger partial charge in [-0.1, -0.05) is 26.0 Å². The zero-order valence-corrected chi connectivity index (χ0v) is 18.2. The number of carbonyl (C=O) groups is 3. The summed E-state index contributed by atoms with van der Waals surface area (Å²) in [5.41, 5.74) is 1.73. The highest BCUT2D eigenvalue weighted by Crippen LogP contribution is 2.12. The molecule has 0 aliphatic carbocycles. The fraction of sp³-hybridized carbons (Fsp3) is 0.348. The lowest BCUT2D eigenvalue weighted by Gasteiger charge is -2.22. The Hall–Kier alpha value is -3.26. The van der Waals surface area contributed by atoms with E-state index in [-0.39, 0.29) is 36.4 Å². The molecule has 0 aliphatic heterocycles. The van der Waals surface area contributed by atoms with Crippen LogP contribution in [-0.2, 0) is 16.1 Å². The quantitative estimate of drug-likeness (QED) is 0.572. The van der Waals surface area contributed by atoms with E-state index >= 15 is 0 Å². The molecule has 0 heterocycles. The van der Waals surface area contributed by atoms with E-state index in [1.165, 1.54) is 24.3 Å². The Labute approximate surface area is 182 Å².